The number of methoxy groups -OCH3 is 1. The zero-order chi connectivity index (χ0) is 12.8. The Kier molecular flexibility index (Phi) is 6.59. The quantitative estimate of drug-likeness (QED) is 0.622. The maximum absolute atomic E-state index is 11.6. The number of carbonyl (C=O) groups excluding carboxylic acids is 1. The highest BCUT2D eigenvalue weighted by Gasteiger charge is 2.21. The molecule has 16 heavy (non-hydrogen) atoms. The van der Waals surface area contributed by atoms with Gasteiger partial charge in [-0.25, -0.2) is 8.42 Å². The molecule has 0 aromatic rings. The van der Waals surface area contributed by atoms with Gasteiger partial charge in [0.25, 0.3) is 0 Å². The fourth-order valence-electron chi connectivity index (χ4n) is 1.14. The van der Waals surface area contributed by atoms with E-state index >= 15 is 0 Å². The predicted octanol–water partition coefficient (Wildman–Crippen LogP) is 0.635. The minimum Gasteiger partial charge on any atom is -0.469 e. The second-order valence-corrected chi connectivity index (χ2v) is 6.19. The van der Waals surface area contributed by atoms with E-state index in [1.165, 1.54) is 14.0 Å². The third-order valence-electron chi connectivity index (χ3n) is 1.95. The predicted molar refractivity (Wildman–Crippen MR) is 60.9 cm³/mol. The Morgan fingerprint density at radius 2 is 1.81 bits per heavy atom. The normalized spacial score (nSPS) is 13.8. The van der Waals surface area contributed by atoms with Gasteiger partial charge in [-0.15, -0.1) is 0 Å². The standard InChI is InChI=1S/C10H20O5S/c1-8(2)15-5-6-16(12,13)7-9(3)10(11)14-4/h8-9H,5-7H2,1-4H3. The van der Waals surface area contributed by atoms with Crippen LogP contribution in [-0.4, -0.2) is 45.7 Å². The molecule has 0 saturated heterocycles. The van der Waals surface area contributed by atoms with Crippen molar-refractivity contribution in [1.29, 1.82) is 0 Å². The zero-order valence-electron chi connectivity index (χ0n) is 10.2. The first-order valence-electron chi connectivity index (χ1n) is 5.18. The van der Waals surface area contributed by atoms with Crippen molar-refractivity contribution in [3.05, 3.63) is 0 Å². The van der Waals surface area contributed by atoms with Crippen molar-refractivity contribution in [3.63, 3.8) is 0 Å². The summed E-state index contributed by atoms with van der Waals surface area (Å²) in [6, 6.07) is 0. The maximum Gasteiger partial charge on any atom is 0.309 e. The molecule has 0 aliphatic heterocycles. The lowest BCUT2D eigenvalue weighted by Gasteiger charge is -2.11. The Morgan fingerprint density at radius 3 is 2.25 bits per heavy atom. The van der Waals surface area contributed by atoms with Crippen LogP contribution >= 0.6 is 0 Å². The second-order valence-electron chi connectivity index (χ2n) is 3.96. The average molecular weight is 252 g/mol. The lowest BCUT2D eigenvalue weighted by molar-refractivity contribution is -0.144. The van der Waals surface area contributed by atoms with Crippen LogP contribution in [0.1, 0.15) is 20.8 Å². The van der Waals surface area contributed by atoms with Crippen LogP contribution in [-0.2, 0) is 24.1 Å². The van der Waals surface area contributed by atoms with Crippen LogP contribution < -0.4 is 0 Å². The van der Waals surface area contributed by atoms with E-state index in [1.54, 1.807) is 0 Å². The minimum atomic E-state index is -3.26. The highest BCUT2D eigenvalue weighted by Crippen LogP contribution is 2.04. The number of carbonyl (C=O) groups is 1. The summed E-state index contributed by atoms with van der Waals surface area (Å²) in [5.74, 6) is -1.39. The van der Waals surface area contributed by atoms with Gasteiger partial charge in [-0.2, -0.15) is 0 Å². The number of sulfone groups is 1. The summed E-state index contributed by atoms with van der Waals surface area (Å²) in [4.78, 5) is 11.1. The van der Waals surface area contributed by atoms with E-state index in [9.17, 15) is 13.2 Å². The highest BCUT2D eigenvalue weighted by molar-refractivity contribution is 7.91. The summed E-state index contributed by atoms with van der Waals surface area (Å²) < 4.78 is 32.7. The summed E-state index contributed by atoms with van der Waals surface area (Å²) in [6.07, 6.45) is 0.00762. The van der Waals surface area contributed by atoms with E-state index in [1.807, 2.05) is 13.8 Å². The van der Waals surface area contributed by atoms with Gasteiger partial charge in [0.2, 0.25) is 0 Å². The van der Waals surface area contributed by atoms with Gasteiger partial charge < -0.3 is 9.47 Å². The number of esters is 1. The van der Waals surface area contributed by atoms with E-state index in [-0.39, 0.29) is 24.2 Å². The molecule has 0 aliphatic carbocycles. The molecule has 0 amide bonds. The van der Waals surface area contributed by atoms with Gasteiger partial charge in [0.1, 0.15) is 0 Å². The van der Waals surface area contributed by atoms with Crippen molar-refractivity contribution in [2.45, 2.75) is 26.9 Å². The van der Waals surface area contributed by atoms with Crippen LogP contribution in [0, 0.1) is 5.92 Å². The van der Waals surface area contributed by atoms with Crippen molar-refractivity contribution >= 4 is 15.8 Å². The minimum absolute atomic E-state index is 0.00762. The Bertz CT molecular complexity index is 307. The van der Waals surface area contributed by atoms with Gasteiger partial charge in [0, 0.05) is 0 Å². The number of hydrogen-bond donors (Lipinski definition) is 0. The first-order valence-corrected chi connectivity index (χ1v) is 7.00. The molecule has 0 radical (unpaired) electrons. The van der Waals surface area contributed by atoms with Crippen molar-refractivity contribution < 1.29 is 22.7 Å². The molecule has 0 saturated carbocycles. The van der Waals surface area contributed by atoms with Crippen molar-refractivity contribution in [2.24, 2.45) is 5.92 Å². The van der Waals surface area contributed by atoms with Crippen molar-refractivity contribution in [1.82, 2.24) is 0 Å². The van der Waals surface area contributed by atoms with Gasteiger partial charge in [0.05, 0.1) is 37.2 Å². The molecule has 0 fully saturated rings. The maximum atomic E-state index is 11.6. The average Bonchev–Trinajstić information content (AvgIpc) is 2.14. The van der Waals surface area contributed by atoms with E-state index in [0.717, 1.165) is 0 Å². The first-order chi connectivity index (χ1) is 7.28. The Balaban J connectivity index is 4.10. The number of hydrogen-bond acceptors (Lipinski definition) is 5. The summed E-state index contributed by atoms with van der Waals surface area (Å²) >= 11 is 0. The van der Waals surface area contributed by atoms with E-state index < -0.39 is 21.7 Å². The SMILES string of the molecule is COC(=O)C(C)CS(=O)(=O)CCOC(C)C. The number of rotatable bonds is 7. The Hall–Kier alpha value is -0.620. The van der Waals surface area contributed by atoms with Crippen molar-refractivity contribution in [2.75, 3.05) is 25.2 Å². The summed E-state index contributed by atoms with van der Waals surface area (Å²) in [6.45, 7) is 5.37. The molecule has 0 aromatic carbocycles. The van der Waals surface area contributed by atoms with Gasteiger partial charge in [-0.3, -0.25) is 4.79 Å². The van der Waals surface area contributed by atoms with Gasteiger partial charge in [-0.05, 0) is 13.8 Å². The number of ether oxygens (including phenoxy) is 2. The molecule has 5 nitrogen and oxygen atoms in total. The molecule has 0 rings (SSSR count). The van der Waals surface area contributed by atoms with E-state index in [4.69, 9.17) is 4.74 Å². The lowest BCUT2D eigenvalue weighted by atomic mass is 10.2. The molecule has 6 heteroatoms. The van der Waals surface area contributed by atoms with E-state index in [0.29, 0.717) is 0 Å². The molecule has 0 spiro atoms. The van der Waals surface area contributed by atoms with Crippen molar-refractivity contribution in [3.8, 4) is 0 Å². The molecule has 0 N–H and O–H groups in total. The Morgan fingerprint density at radius 1 is 1.25 bits per heavy atom. The van der Waals surface area contributed by atoms with E-state index in [2.05, 4.69) is 4.74 Å². The van der Waals surface area contributed by atoms with Crippen LogP contribution in [0.3, 0.4) is 0 Å². The molecular weight excluding hydrogens is 232 g/mol. The van der Waals surface area contributed by atoms with Crippen LogP contribution in [0.15, 0.2) is 0 Å². The van der Waals surface area contributed by atoms with Crippen LogP contribution in [0.4, 0.5) is 0 Å². The Labute approximate surface area is 97.0 Å². The molecular formula is C10H20O5S. The molecule has 1 unspecified atom stereocenters. The van der Waals surface area contributed by atoms with Gasteiger partial charge in [-0.1, -0.05) is 6.92 Å². The van der Waals surface area contributed by atoms with Crippen LogP contribution in [0.2, 0.25) is 0 Å². The summed E-state index contributed by atoms with van der Waals surface area (Å²) in [5, 5.41) is 0. The monoisotopic (exact) mass is 252 g/mol. The van der Waals surface area contributed by atoms with Crippen LogP contribution in [0.25, 0.3) is 0 Å². The molecule has 0 bridgehead atoms. The van der Waals surface area contributed by atoms with Gasteiger partial charge in [0.15, 0.2) is 9.84 Å². The molecule has 0 aliphatic rings. The third kappa shape index (κ3) is 6.79. The molecule has 0 heterocycles. The second kappa shape index (κ2) is 6.85. The molecule has 1 atom stereocenters. The largest absolute Gasteiger partial charge is 0.469 e. The first kappa shape index (κ1) is 15.4. The third-order valence-corrected chi connectivity index (χ3v) is 3.75. The fraction of sp³-hybridized carbons (Fsp3) is 0.900. The summed E-state index contributed by atoms with van der Waals surface area (Å²) in [5.41, 5.74) is 0. The molecule has 96 valence electrons. The molecule has 0 aromatic heterocycles. The smallest absolute Gasteiger partial charge is 0.309 e. The fourth-order valence-corrected chi connectivity index (χ4v) is 2.56. The zero-order valence-corrected chi connectivity index (χ0v) is 11.0. The summed E-state index contributed by atoms with van der Waals surface area (Å²) in [7, 11) is -2.01. The lowest BCUT2D eigenvalue weighted by Crippen LogP contribution is -2.26. The van der Waals surface area contributed by atoms with Gasteiger partial charge >= 0.3 is 5.97 Å². The topological polar surface area (TPSA) is 69.7 Å². The highest BCUT2D eigenvalue weighted by atomic mass is 32.2. The van der Waals surface area contributed by atoms with Crippen LogP contribution in [0.5, 0.6) is 0 Å².